The van der Waals surface area contributed by atoms with Gasteiger partial charge in [-0.2, -0.15) is 0 Å². The number of hydrogen-bond donors (Lipinski definition) is 0. The van der Waals surface area contributed by atoms with Gasteiger partial charge in [-0.1, -0.05) is 52.3 Å². The molecule has 0 fully saturated rings. The van der Waals surface area contributed by atoms with Crippen molar-refractivity contribution < 1.29 is 9.53 Å². The summed E-state index contributed by atoms with van der Waals surface area (Å²) < 4.78 is 6.36. The molecule has 1 aliphatic heterocycles. The summed E-state index contributed by atoms with van der Waals surface area (Å²) in [5.41, 5.74) is 3.52. The third-order valence-corrected chi connectivity index (χ3v) is 5.31. The highest BCUT2D eigenvalue weighted by molar-refractivity contribution is 9.10. The predicted molar refractivity (Wildman–Crippen MR) is 114 cm³/mol. The van der Waals surface area contributed by atoms with E-state index in [2.05, 4.69) is 20.9 Å². The Balaban J connectivity index is 1.91. The number of dihydropyridines is 1. The third-order valence-electron chi connectivity index (χ3n) is 4.59. The van der Waals surface area contributed by atoms with Crippen molar-refractivity contribution in [3.63, 3.8) is 0 Å². The second kappa shape index (κ2) is 7.90. The summed E-state index contributed by atoms with van der Waals surface area (Å²) in [5, 5.41) is 0. The zero-order chi connectivity index (χ0) is 19.5. The fourth-order valence-electron chi connectivity index (χ4n) is 3.22. The lowest BCUT2D eigenvalue weighted by Crippen LogP contribution is -2.21. The molecule has 1 atom stereocenters. The maximum Gasteiger partial charge on any atom is 0.194 e. The molecule has 0 radical (unpaired) electrons. The summed E-state index contributed by atoms with van der Waals surface area (Å²) in [5.74, 6) is 0.627. The number of hydrogen-bond acceptors (Lipinski definition) is 4. The predicted octanol–water partition coefficient (Wildman–Crippen LogP) is 5.05. The molecule has 0 bridgehead atoms. The number of methoxy groups -OCH3 is 1. The zero-order valence-electron chi connectivity index (χ0n) is 15.2. The largest absolute Gasteiger partial charge is 0.496 e. The second-order valence-electron chi connectivity index (χ2n) is 6.28. The van der Waals surface area contributed by atoms with E-state index in [0.717, 1.165) is 15.6 Å². The Morgan fingerprint density at radius 2 is 1.71 bits per heavy atom. The Labute approximate surface area is 171 Å². The fourth-order valence-corrected chi connectivity index (χ4v) is 3.73. The molecule has 4 nitrogen and oxygen atoms in total. The van der Waals surface area contributed by atoms with Crippen LogP contribution in [-0.2, 0) is 4.79 Å². The van der Waals surface area contributed by atoms with Gasteiger partial charge in [0.2, 0.25) is 0 Å². The van der Waals surface area contributed by atoms with E-state index in [-0.39, 0.29) is 5.78 Å². The molecule has 3 aromatic rings. The number of halogens is 1. The lowest BCUT2D eigenvalue weighted by molar-refractivity contribution is -0.115. The minimum Gasteiger partial charge on any atom is -0.496 e. The van der Waals surface area contributed by atoms with Crippen molar-refractivity contribution in [3.8, 4) is 5.75 Å². The van der Waals surface area contributed by atoms with Crippen LogP contribution in [0.3, 0.4) is 0 Å². The molecular weight excluding hydrogens is 416 g/mol. The highest BCUT2D eigenvalue weighted by atomic mass is 79.9. The molecule has 1 aromatic heterocycles. The number of para-hydroxylation sites is 1. The van der Waals surface area contributed by atoms with Gasteiger partial charge in [-0.15, -0.1) is 0 Å². The fraction of sp³-hybridized carbons (Fsp3) is 0.0870. The number of rotatable bonds is 4. The van der Waals surface area contributed by atoms with Crippen molar-refractivity contribution in [2.75, 3.05) is 7.11 Å². The summed E-state index contributed by atoms with van der Waals surface area (Å²) in [6, 6.07) is 20.2. The maximum absolute atomic E-state index is 13.3. The van der Waals surface area contributed by atoms with Gasteiger partial charge in [-0.05, 0) is 42.0 Å². The molecule has 28 heavy (non-hydrogen) atoms. The summed E-state index contributed by atoms with van der Waals surface area (Å²) in [6.45, 7) is 0. The molecule has 1 unspecified atom stereocenters. The highest BCUT2D eigenvalue weighted by Gasteiger charge is 2.31. The summed E-state index contributed by atoms with van der Waals surface area (Å²) in [7, 11) is 1.63. The number of carbonyl (C=O) groups is 1. The average molecular weight is 433 g/mol. The quantitative estimate of drug-likeness (QED) is 0.579. The van der Waals surface area contributed by atoms with Gasteiger partial charge < -0.3 is 4.74 Å². The van der Waals surface area contributed by atoms with Crippen LogP contribution >= 0.6 is 15.9 Å². The maximum atomic E-state index is 13.3. The first-order valence-electron chi connectivity index (χ1n) is 8.82. The number of aliphatic imine (C=N–C) groups is 1. The first kappa shape index (κ1) is 18.3. The number of allylic oxidation sites excluding steroid dienone is 1. The monoisotopic (exact) mass is 432 g/mol. The van der Waals surface area contributed by atoms with Crippen molar-refractivity contribution in [1.29, 1.82) is 0 Å². The number of carbonyl (C=O) groups excluding carboxylic acids is 1. The van der Waals surface area contributed by atoms with Crippen LogP contribution in [0.1, 0.15) is 22.9 Å². The van der Waals surface area contributed by atoms with Gasteiger partial charge in [0, 0.05) is 21.8 Å². The van der Waals surface area contributed by atoms with Crippen LogP contribution in [0.5, 0.6) is 5.75 Å². The SMILES string of the molecule is COc1ccccc1C1=NC(c2ccccc2Br)C(=O)C(c2ccccn2)=C1. The molecule has 0 aliphatic carbocycles. The number of aromatic nitrogens is 1. The Morgan fingerprint density at radius 1 is 0.964 bits per heavy atom. The molecule has 0 N–H and O–H groups in total. The van der Waals surface area contributed by atoms with Crippen LogP contribution < -0.4 is 4.74 Å². The molecule has 1 aliphatic rings. The van der Waals surface area contributed by atoms with Gasteiger partial charge in [0.25, 0.3) is 0 Å². The average Bonchev–Trinajstić information content (AvgIpc) is 2.75. The third kappa shape index (κ3) is 3.41. The number of pyridine rings is 1. The topological polar surface area (TPSA) is 51.5 Å². The Hall–Kier alpha value is -3.05. The minimum atomic E-state index is -0.655. The normalized spacial score (nSPS) is 16.4. The molecule has 0 saturated heterocycles. The smallest absolute Gasteiger partial charge is 0.194 e. The van der Waals surface area contributed by atoms with E-state index in [1.54, 1.807) is 19.4 Å². The highest BCUT2D eigenvalue weighted by Crippen LogP contribution is 2.35. The van der Waals surface area contributed by atoms with Gasteiger partial charge in [-0.3, -0.25) is 14.8 Å². The number of ether oxygens (including phenoxy) is 1. The van der Waals surface area contributed by atoms with E-state index in [1.165, 1.54) is 0 Å². The van der Waals surface area contributed by atoms with Gasteiger partial charge >= 0.3 is 0 Å². The van der Waals surface area contributed by atoms with Crippen LogP contribution in [0, 0.1) is 0 Å². The van der Waals surface area contributed by atoms with Crippen LogP contribution in [0.15, 0.2) is 88.5 Å². The zero-order valence-corrected chi connectivity index (χ0v) is 16.8. The molecule has 5 heteroatoms. The van der Waals surface area contributed by atoms with Crippen molar-refractivity contribution in [2.45, 2.75) is 6.04 Å². The van der Waals surface area contributed by atoms with E-state index in [4.69, 9.17) is 9.73 Å². The second-order valence-corrected chi connectivity index (χ2v) is 7.13. The van der Waals surface area contributed by atoms with Crippen molar-refractivity contribution in [2.24, 2.45) is 4.99 Å². The van der Waals surface area contributed by atoms with Crippen LogP contribution in [0.2, 0.25) is 0 Å². The number of Topliss-reactive ketones (excluding diaryl/α,β-unsaturated/α-hetero) is 1. The lowest BCUT2D eigenvalue weighted by atomic mass is 9.90. The van der Waals surface area contributed by atoms with Gasteiger partial charge in [0.05, 0.1) is 18.5 Å². The van der Waals surface area contributed by atoms with Crippen molar-refractivity contribution >= 4 is 33.0 Å². The molecule has 138 valence electrons. The van der Waals surface area contributed by atoms with Crippen molar-refractivity contribution in [3.05, 3.63) is 100 Å². The standard InChI is InChI=1S/C23H17BrN2O2/c1-28-21-12-5-3-9-16(21)20-14-17(19-11-6-7-13-25-19)23(27)22(26-20)15-8-2-4-10-18(15)24/h2-14,22H,1H3. The molecule has 0 saturated carbocycles. The molecular formula is C23H17BrN2O2. The molecule has 2 heterocycles. The summed E-state index contributed by atoms with van der Waals surface area (Å²) in [6.07, 6.45) is 3.49. The Kier molecular flexibility index (Phi) is 5.17. The number of ketones is 1. The van der Waals surface area contributed by atoms with Gasteiger partial charge in [0.1, 0.15) is 11.8 Å². The van der Waals surface area contributed by atoms with E-state index < -0.39 is 6.04 Å². The molecule has 2 aromatic carbocycles. The van der Waals surface area contributed by atoms with Crippen molar-refractivity contribution in [1.82, 2.24) is 4.98 Å². The first-order chi connectivity index (χ1) is 13.7. The van der Waals surface area contributed by atoms with E-state index >= 15 is 0 Å². The van der Waals surface area contributed by atoms with Gasteiger partial charge in [0.15, 0.2) is 5.78 Å². The van der Waals surface area contributed by atoms with Crippen LogP contribution in [-0.4, -0.2) is 23.6 Å². The van der Waals surface area contributed by atoms with Crippen LogP contribution in [0.4, 0.5) is 0 Å². The lowest BCUT2D eigenvalue weighted by Gasteiger charge is -2.22. The van der Waals surface area contributed by atoms with E-state index in [0.29, 0.717) is 22.7 Å². The Bertz CT molecular complexity index is 1090. The van der Waals surface area contributed by atoms with E-state index in [1.807, 2.05) is 66.7 Å². The molecule has 4 rings (SSSR count). The molecule has 0 amide bonds. The summed E-state index contributed by atoms with van der Waals surface area (Å²) >= 11 is 3.56. The van der Waals surface area contributed by atoms with Crippen LogP contribution in [0.25, 0.3) is 5.57 Å². The first-order valence-corrected chi connectivity index (χ1v) is 9.61. The minimum absolute atomic E-state index is 0.0794. The summed E-state index contributed by atoms with van der Waals surface area (Å²) in [4.78, 5) is 22.5. The van der Waals surface area contributed by atoms with E-state index in [9.17, 15) is 4.79 Å². The Morgan fingerprint density at radius 3 is 2.46 bits per heavy atom. The molecule has 0 spiro atoms. The number of nitrogens with zero attached hydrogens (tertiary/aromatic N) is 2. The van der Waals surface area contributed by atoms with Gasteiger partial charge in [-0.25, -0.2) is 0 Å². The number of benzene rings is 2.